The number of nitro groups is 2. The van der Waals surface area contributed by atoms with Gasteiger partial charge in [-0.2, -0.15) is 4.39 Å². The minimum atomic E-state index is -2.79. The maximum Gasteiger partial charge on any atom is 0.385 e. The van der Waals surface area contributed by atoms with E-state index in [4.69, 9.17) is 0 Å². The summed E-state index contributed by atoms with van der Waals surface area (Å²) in [6.07, 6.45) is 0. The third-order valence-electron chi connectivity index (χ3n) is 3.10. The van der Waals surface area contributed by atoms with Crippen LogP contribution in [0.4, 0.5) is 46.5 Å². The van der Waals surface area contributed by atoms with Crippen molar-refractivity contribution in [2.24, 2.45) is 0 Å². The summed E-state index contributed by atoms with van der Waals surface area (Å²) in [5.41, 5.74) is -9.39. The molecule has 0 aliphatic heterocycles. The molecule has 0 unspecified atom stereocenters. The Morgan fingerprint density at radius 3 is 1.15 bits per heavy atom. The van der Waals surface area contributed by atoms with Crippen LogP contribution in [0.2, 0.25) is 0 Å². The quantitative estimate of drug-likeness (QED) is 0.258. The molecule has 0 radical (unpaired) electrons. The van der Waals surface area contributed by atoms with Gasteiger partial charge in [0, 0.05) is 0 Å². The molecule has 0 spiro atoms. The number of nitrogens with zero attached hydrogens (tertiary/aromatic N) is 2. The normalized spacial score (nSPS) is 10.9. The Morgan fingerprint density at radius 2 is 0.769 bits per heavy atom. The summed E-state index contributed by atoms with van der Waals surface area (Å²) >= 11 is 0. The first-order valence-corrected chi connectivity index (χ1v) is 5.94. The Labute approximate surface area is 135 Å². The molecular formula is C12F8N2O4. The average Bonchev–Trinajstić information content (AvgIpc) is 2.57. The lowest BCUT2D eigenvalue weighted by Crippen LogP contribution is -2.11. The Kier molecular flexibility index (Phi) is 4.53. The Hall–Kier alpha value is -3.32. The lowest BCUT2D eigenvalue weighted by atomic mass is 9.99. The molecule has 0 amide bonds. The lowest BCUT2D eigenvalue weighted by molar-refractivity contribution is -0.424. The molecule has 26 heavy (non-hydrogen) atoms. The van der Waals surface area contributed by atoms with Gasteiger partial charge in [0.15, 0.2) is 29.1 Å². The molecule has 138 valence electrons. The van der Waals surface area contributed by atoms with E-state index in [2.05, 4.69) is 0 Å². The van der Waals surface area contributed by atoms with Crippen molar-refractivity contribution in [1.29, 1.82) is 0 Å². The zero-order valence-corrected chi connectivity index (χ0v) is 11.6. The summed E-state index contributed by atoms with van der Waals surface area (Å²) < 4.78 is 108. The standard InChI is InChI=1S/C12F8N2O4/c13-3-1(4(14)7(17)9(19)6(3)16)2-5(15)8(18)10(20)12(22(25)26)11(2)21(23)24. The monoisotopic (exact) mass is 388 g/mol. The highest BCUT2D eigenvalue weighted by Crippen LogP contribution is 2.45. The molecule has 14 heteroatoms. The molecule has 0 bridgehead atoms. The average molecular weight is 388 g/mol. The highest BCUT2D eigenvalue weighted by molar-refractivity contribution is 5.81. The number of hydrogen-bond acceptors (Lipinski definition) is 4. The van der Waals surface area contributed by atoms with E-state index in [-0.39, 0.29) is 0 Å². The Bertz CT molecular complexity index is 965. The third kappa shape index (κ3) is 2.49. The summed E-state index contributed by atoms with van der Waals surface area (Å²) in [6.45, 7) is 0. The second-order valence-electron chi connectivity index (χ2n) is 4.47. The minimum absolute atomic E-state index is 1.93. The topological polar surface area (TPSA) is 86.3 Å². The predicted octanol–water partition coefficient (Wildman–Crippen LogP) is 4.28. The first-order chi connectivity index (χ1) is 11.9. The van der Waals surface area contributed by atoms with E-state index in [1.807, 2.05) is 0 Å². The van der Waals surface area contributed by atoms with Crippen molar-refractivity contribution >= 4 is 11.4 Å². The molecule has 0 aliphatic rings. The summed E-state index contributed by atoms with van der Waals surface area (Å²) in [7, 11) is 0. The van der Waals surface area contributed by atoms with Gasteiger partial charge in [-0.25, -0.2) is 30.7 Å². The van der Waals surface area contributed by atoms with E-state index in [1.54, 1.807) is 0 Å². The summed E-state index contributed by atoms with van der Waals surface area (Å²) in [4.78, 5) is 17.8. The van der Waals surface area contributed by atoms with Crippen molar-refractivity contribution in [2.75, 3.05) is 0 Å². The van der Waals surface area contributed by atoms with Gasteiger partial charge < -0.3 is 0 Å². The van der Waals surface area contributed by atoms with Crippen LogP contribution in [0, 0.1) is 66.8 Å². The van der Waals surface area contributed by atoms with Crippen molar-refractivity contribution in [1.82, 2.24) is 0 Å². The number of halogens is 8. The molecule has 0 aromatic heterocycles. The zero-order valence-electron chi connectivity index (χ0n) is 11.6. The van der Waals surface area contributed by atoms with Crippen LogP contribution in [0.25, 0.3) is 11.1 Å². The van der Waals surface area contributed by atoms with Gasteiger partial charge in [-0.05, 0) is 0 Å². The second-order valence-corrected chi connectivity index (χ2v) is 4.47. The van der Waals surface area contributed by atoms with Crippen LogP contribution in [0.1, 0.15) is 0 Å². The van der Waals surface area contributed by atoms with Crippen LogP contribution in [-0.4, -0.2) is 9.85 Å². The minimum Gasteiger partial charge on any atom is -0.258 e. The number of hydrogen-bond donors (Lipinski definition) is 0. The fourth-order valence-corrected chi connectivity index (χ4v) is 2.03. The Morgan fingerprint density at radius 1 is 0.462 bits per heavy atom. The maximum atomic E-state index is 13.9. The van der Waals surface area contributed by atoms with Gasteiger partial charge in [0.2, 0.25) is 17.5 Å². The van der Waals surface area contributed by atoms with Crippen molar-refractivity contribution in [3.05, 3.63) is 66.8 Å². The fourth-order valence-electron chi connectivity index (χ4n) is 2.03. The van der Waals surface area contributed by atoms with Crippen LogP contribution in [0.15, 0.2) is 0 Å². The van der Waals surface area contributed by atoms with Gasteiger partial charge in [0.05, 0.1) is 15.4 Å². The predicted molar refractivity (Wildman–Crippen MR) is 64.9 cm³/mol. The smallest absolute Gasteiger partial charge is 0.258 e. The van der Waals surface area contributed by atoms with Crippen molar-refractivity contribution in [3.8, 4) is 11.1 Å². The van der Waals surface area contributed by atoms with Crippen LogP contribution < -0.4 is 0 Å². The molecule has 0 N–H and O–H groups in total. The summed E-state index contributed by atoms with van der Waals surface area (Å²) in [5.74, 6) is -22.1. The number of rotatable bonds is 3. The van der Waals surface area contributed by atoms with Crippen molar-refractivity contribution in [2.45, 2.75) is 0 Å². The first-order valence-electron chi connectivity index (χ1n) is 5.94. The van der Waals surface area contributed by atoms with Gasteiger partial charge in [0.25, 0.3) is 0 Å². The molecule has 2 aromatic carbocycles. The van der Waals surface area contributed by atoms with E-state index in [1.165, 1.54) is 0 Å². The SMILES string of the molecule is O=[N+]([O-])c1c(F)c(F)c(F)c(-c2c(F)c(F)c(F)c(F)c2F)c1[N+](=O)[O-]. The van der Waals surface area contributed by atoms with Crippen LogP contribution in [0.3, 0.4) is 0 Å². The Balaban J connectivity index is 3.21. The number of benzene rings is 2. The summed E-state index contributed by atoms with van der Waals surface area (Å²) in [5, 5.41) is 21.7. The molecule has 6 nitrogen and oxygen atoms in total. The van der Waals surface area contributed by atoms with E-state index in [9.17, 15) is 55.4 Å². The first kappa shape index (κ1) is 19.0. The van der Waals surface area contributed by atoms with Gasteiger partial charge in [-0.3, -0.25) is 20.2 Å². The van der Waals surface area contributed by atoms with Gasteiger partial charge in [-0.15, -0.1) is 0 Å². The lowest BCUT2D eigenvalue weighted by Gasteiger charge is -2.11. The third-order valence-corrected chi connectivity index (χ3v) is 3.10. The molecule has 0 atom stereocenters. The van der Waals surface area contributed by atoms with Gasteiger partial charge in [0.1, 0.15) is 5.56 Å². The van der Waals surface area contributed by atoms with E-state index < -0.39 is 78.9 Å². The van der Waals surface area contributed by atoms with Crippen molar-refractivity contribution < 1.29 is 45.0 Å². The molecule has 2 rings (SSSR count). The van der Waals surface area contributed by atoms with E-state index in [0.29, 0.717) is 0 Å². The molecule has 0 heterocycles. The molecule has 0 saturated heterocycles. The fraction of sp³-hybridized carbons (Fsp3) is 0. The highest BCUT2D eigenvalue weighted by Gasteiger charge is 2.43. The van der Waals surface area contributed by atoms with E-state index >= 15 is 0 Å². The number of nitro benzene ring substituents is 2. The van der Waals surface area contributed by atoms with Gasteiger partial charge in [-0.1, -0.05) is 0 Å². The van der Waals surface area contributed by atoms with Crippen LogP contribution in [-0.2, 0) is 0 Å². The van der Waals surface area contributed by atoms with Crippen molar-refractivity contribution in [3.63, 3.8) is 0 Å². The molecule has 0 fully saturated rings. The zero-order chi connectivity index (χ0) is 20.1. The largest absolute Gasteiger partial charge is 0.385 e. The molecule has 0 saturated carbocycles. The highest BCUT2D eigenvalue weighted by atomic mass is 19.2. The molecule has 2 aromatic rings. The second kappa shape index (κ2) is 6.20. The maximum absolute atomic E-state index is 13.9. The van der Waals surface area contributed by atoms with Crippen LogP contribution >= 0.6 is 0 Å². The van der Waals surface area contributed by atoms with Crippen LogP contribution in [0.5, 0.6) is 0 Å². The summed E-state index contributed by atoms with van der Waals surface area (Å²) in [6, 6.07) is 0. The van der Waals surface area contributed by atoms with E-state index in [0.717, 1.165) is 0 Å². The molecule has 0 aliphatic carbocycles. The molecular weight excluding hydrogens is 388 g/mol. The van der Waals surface area contributed by atoms with Gasteiger partial charge >= 0.3 is 11.4 Å².